The SMILES string of the molecule is NC(Cc1cccnc1)c1cccs1. The number of hydrogen-bond acceptors (Lipinski definition) is 3. The molecule has 0 radical (unpaired) electrons. The Bertz CT molecular complexity index is 369. The van der Waals surface area contributed by atoms with Crippen LogP contribution >= 0.6 is 11.3 Å². The van der Waals surface area contributed by atoms with Crippen LogP contribution in [0.15, 0.2) is 42.0 Å². The van der Waals surface area contributed by atoms with Crippen LogP contribution in [-0.2, 0) is 6.42 Å². The summed E-state index contributed by atoms with van der Waals surface area (Å²) in [5.74, 6) is 0. The highest BCUT2D eigenvalue weighted by atomic mass is 32.1. The normalized spacial score (nSPS) is 12.6. The molecule has 0 spiro atoms. The molecule has 2 aromatic heterocycles. The zero-order valence-corrected chi connectivity index (χ0v) is 8.58. The van der Waals surface area contributed by atoms with Crippen molar-refractivity contribution in [3.63, 3.8) is 0 Å². The van der Waals surface area contributed by atoms with Crippen LogP contribution in [-0.4, -0.2) is 4.98 Å². The van der Waals surface area contributed by atoms with Gasteiger partial charge in [-0.3, -0.25) is 4.98 Å². The van der Waals surface area contributed by atoms with Gasteiger partial charge in [0.1, 0.15) is 0 Å². The Balaban J connectivity index is 2.06. The van der Waals surface area contributed by atoms with Crippen molar-refractivity contribution >= 4 is 11.3 Å². The molecule has 1 unspecified atom stereocenters. The highest BCUT2D eigenvalue weighted by Crippen LogP contribution is 2.19. The molecule has 0 aliphatic rings. The van der Waals surface area contributed by atoms with Crippen molar-refractivity contribution < 1.29 is 0 Å². The first kappa shape index (κ1) is 9.37. The number of nitrogens with two attached hydrogens (primary N) is 1. The lowest BCUT2D eigenvalue weighted by Gasteiger charge is -2.08. The zero-order valence-electron chi connectivity index (χ0n) is 7.76. The number of rotatable bonds is 3. The molecule has 2 nitrogen and oxygen atoms in total. The van der Waals surface area contributed by atoms with E-state index in [0.717, 1.165) is 6.42 Å². The van der Waals surface area contributed by atoms with Gasteiger partial charge in [-0.2, -0.15) is 0 Å². The standard InChI is InChI=1S/C11H12N2S/c12-10(11-4-2-6-14-11)7-9-3-1-5-13-8-9/h1-6,8,10H,7,12H2. The summed E-state index contributed by atoms with van der Waals surface area (Å²) < 4.78 is 0. The van der Waals surface area contributed by atoms with E-state index in [9.17, 15) is 0 Å². The lowest BCUT2D eigenvalue weighted by molar-refractivity contribution is 0.734. The van der Waals surface area contributed by atoms with Crippen LogP contribution < -0.4 is 5.73 Å². The fourth-order valence-electron chi connectivity index (χ4n) is 1.38. The fourth-order valence-corrected chi connectivity index (χ4v) is 2.11. The highest BCUT2D eigenvalue weighted by molar-refractivity contribution is 7.10. The third-order valence-corrected chi connectivity index (χ3v) is 3.09. The average Bonchev–Trinajstić information content (AvgIpc) is 2.72. The largest absolute Gasteiger partial charge is 0.323 e. The summed E-state index contributed by atoms with van der Waals surface area (Å²) >= 11 is 1.70. The second-order valence-corrected chi connectivity index (χ2v) is 4.17. The van der Waals surface area contributed by atoms with Gasteiger partial charge in [0.15, 0.2) is 0 Å². The Hall–Kier alpha value is -1.19. The molecule has 0 aromatic carbocycles. The van der Waals surface area contributed by atoms with E-state index < -0.39 is 0 Å². The lowest BCUT2D eigenvalue weighted by Crippen LogP contribution is -2.11. The van der Waals surface area contributed by atoms with Crippen molar-refractivity contribution in [2.24, 2.45) is 5.73 Å². The Morgan fingerprint density at radius 3 is 2.93 bits per heavy atom. The smallest absolute Gasteiger partial charge is 0.0431 e. The molecular formula is C11H12N2S. The summed E-state index contributed by atoms with van der Waals surface area (Å²) in [6, 6.07) is 8.20. The predicted molar refractivity (Wildman–Crippen MR) is 59.2 cm³/mol. The quantitative estimate of drug-likeness (QED) is 0.833. The number of nitrogens with zero attached hydrogens (tertiary/aromatic N) is 1. The van der Waals surface area contributed by atoms with Gasteiger partial charge >= 0.3 is 0 Å². The van der Waals surface area contributed by atoms with Gasteiger partial charge in [-0.1, -0.05) is 12.1 Å². The summed E-state index contributed by atoms with van der Waals surface area (Å²) in [6.45, 7) is 0. The van der Waals surface area contributed by atoms with E-state index in [-0.39, 0.29) is 6.04 Å². The number of aromatic nitrogens is 1. The number of thiophene rings is 1. The summed E-state index contributed by atoms with van der Waals surface area (Å²) in [7, 11) is 0. The van der Waals surface area contributed by atoms with Gasteiger partial charge in [-0.25, -0.2) is 0 Å². The highest BCUT2D eigenvalue weighted by Gasteiger charge is 2.07. The molecule has 72 valence electrons. The maximum absolute atomic E-state index is 6.05. The molecule has 0 saturated heterocycles. The van der Waals surface area contributed by atoms with Crippen molar-refractivity contribution in [3.8, 4) is 0 Å². The summed E-state index contributed by atoms with van der Waals surface area (Å²) in [4.78, 5) is 5.30. The third-order valence-electron chi connectivity index (χ3n) is 2.09. The van der Waals surface area contributed by atoms with Crippen molar-refractivity contribution in [1.82, 2.24) is 4.98 Å². The molecule has 2 N–H and O–H groups in total. The van der Waals surface area contributed by atoms with E-state index in [1.165, 1.54) is 10.4 Å². The third kappa shape index (κ3) is 2.19. The first-order chi connectivity index (χ1) is 6.86. The van der Waals surface area contributed by atoms with Crippen LogP contribution in [0.3, 0.4) is 0 Å². The molecule has 14 heavy (non-hydrogen) atoms. The van der Waals surface area contributed by atoms with Crippen LogP contribution in [0.25, 0.3) is 0 Å². The summed E-state index contributed by atoms with van der Waals surface area (Å²) in [6.07, 6.45) is 4.50. The van der Waals surface area contributed by atoms with Gasteiger partial charge in [0, 0.05) is 23.3 Å². The van der Waals surface area contributed by atoms with E-state index in [1.54, 1.807) is 17.5 Å². The molecule has 0 aliphatic heterocycles. The van der Waals surface area contributed by atoms with Gasteiger partial charge in [0.05, 0.1) is 0 Å². The topological polar surface area (TPSA) is 38.9 Å². The number of pyridine rings is 1. The average molecular weight is 204 g/mol. The molecule has 3 heteroatoms. The van der Waals surface area contributed by atoms with Crippen LogP contribution in [0, 0.1) is 0 Å². The van der Waals surface area contributed by atoms with Gasteiger partial charge < -0.3 is 5.73 Å². The van der Waals surface area contributed by atoms with E-state index in [4.69, 9.17) is 5.73 Å². The Morgan fingerprint density at radius 1 is 1.36 bits per heavy atom. The second kappa shape index (κ2) is 4.35. The molecule has 2 rings (SSSR count). The second-order valence-electron chi connectivity index (χ2n) is 3.19. The molecule has 0 aliphatic carbocycles. The fraction of sp³-hybridized carbons (Fsp3) is 0.182. The van der Waals surface area contributed by atoms with Gasteiger partial charge in [0.2, 0.25) is 0 Å². The summed E-state index contributed by atoms with van der Waals surface area (Å²) in [5.41, 5.74) is 7.24. The Labute approximate surface area is 87.4 Å². The Kier molecular flexibility index (Phi) is 2.91. The van der Waals surface area contributed by atoms with Crippen LogP contribution in [0.1, 0.15) is 16.5 Å². The van der Waals surface area contributed by atoms with Crippen LogP contribution in [0.4, 0.5) is 0 Å². The minimum Gasteiger partial charge on any atom is -0.323 e. The maximum Gasteiger partial charge on any atom is 0.0431 e. The molecule has 2 aromatic rings. The van der Waals surface area contributed by atoms with Gasteiger partial charge in [-0.05, 0) is 29.5 Å². The monoisotopic (exact) mass is 204 g/mol. The Morgan fingerprint density at radius 2 is 2.29 bits per heavy atom. The van der Waals surface area contributed by atoms with Gasteiger partial charge in [0.25, 0.3) is 0 Å². The van der Waals surface area contributed by atoms with Crippen LogP contribution in [0.2, 0.25) is 0 Å². The molecule has 0 fully saturated rings. The number of hydrogen-bond donors (Lipinski definition) is 1. The molecule has 2 heterocycles. The molecular weight excluding hydrogens is 192 g/mol. The first-order valence-corrected chi connectivity index (χ1v) is 5.42. The molecule has 1 atom stereocenters. The van der Waals surface area contributed by atoms with E-state index >= 15 is 0 Å². The molecule has 0 amide bonds. The van der Waals surface area contributed by atoms with Crippen molar-refractivity contribution in [2.75, 3.05) is 0 Å². The molecule has 0 saturated carbocycles. The minimum absolute atomic E-state index is 0.0965. The zero-order chi connectivity index (χ0) is 9.80. The predicted octanol–water partition coefficient (Wildman–Crippen LogP) is 2.39. The van der Waals surface area contributed by atoms with Crippen LogP contribution in [0.5, 0.6) is 0 Å². The first-order valence-electron chi connectivity index (χ1n) is 4.54. The van der Waals surface area contributed by atoms with Crippen molar-refractivity contribution in [1.29, 1.82) is 0 Å². The van der Waals surface area contributed by atoms with E-state index in [1.807, 2.05) is 18.3 Å². The van der Waals surface area contributed by atoms with E-state index in [0.29, 0.717) is 0 Å². The van der Waals surface area contributed by atoms with Crippen molar-refractivity contribution in [2.45, 2.75) is 12.5 Å². The summed E-state index contributed by atoms with van der Waals surface area (Å²) in [5, 5.41) is 2.05. The van der Waals surface area contributed by atoms with Gasteiger partial charge in [-0.15, -0.1) is 11.3 Å². The van der Waals surface area contributed by atoms with E-state index in [2.05, 4.69) is 22.5 Å². The minimum atomic E-state index is 0.0965. The maximum atomic E-state index is 6.05. The van der Waals surface area contributed by atoms with Crippen molar-refractivity contribution in [3.05, 3.63) is 52.5 Å². The molecule has 0 bridgehead atoms. The lowest BCUT2D eigenvalue weighted by atomic mass is 10.1.